The van der Waals surface area contributed by atoms with E-state index < -0.39 is 5.97 Å². The van der Waals surface area contributed by atoms with Crippen molar-refractivity contribution in [1.29, 1.82) is 0 Å². The highest BCUT2D eigenvalue weighted by atomic mass is 32.1. The molecule has 0 aliphatic carbocycles. The van der Waals surface area contributed by atoms with Crippen LogP contribution in [0.1, 0.15) is 28.4 Å². The molecule has 4 rings (SSSR count). The lowest BCUT2D eigenvalue weighted by molar-refractivity contribution is -0.136. The first-order valence-electron chi connectivity index (χ1n) is 12.3. The van der Waals surface area contributed by atoms with Crippen molar-refractivity contribution in [2.24, 2.45) is 0 Å². The molecule has 1 aromatic heterocycles. The van der Waals surface area contributed by atoms with Gasteiger partial charge in [-0.2, -0.15) is 0 Å². The molecular formula is C28H29N3O6S. The third-order valence-electron chi connectivity index (χ3n) is 5.88. The quantitative estimate of drug-likeness (QED) is 0.460. The van der Waals surface area contributed by atoms with E-state index in [1.54, 1.807) is 54.3 Å². The first-order valence-corrected chi connectivity index (χ1v) is 13.1. The SMILES string of the molecule is CCOC(=O)/C=c1\s/c(=C\c2cccc(NC(=O)c3ccc(C)cc3)c2)c(=O)n1CC(=O)N1CCOCC1. The van der Waals surface area contributed by atoms with E-state index in [1.165, 1.54) is 10.6 Å². The summed E-state index contributed by atoms with van der Waals surface area (Å²) in [5.74, 6) is -1.05. The molecule has 1 aliphatic heterocycles. The van der Waals surface area contributed by atoms with E-state index in [0.29, 0.717) is 52.3 Å². The predicted octanol–water partition coefficient (Wildman–Crippen LogP) is 1.50. The molecule has 0 atom stereocenters. The molecule has 0 radical (unpaired) electrons. The van der Waals surface area contributed by atoms with E-state index in [2.05, 4.69) is 5.32 Å². The summed E-state index contributed by atoms with van der Waals surface area (Å²) in [7, 11) is 0. The van der Waals surface area contributed by atoms with Gasteiger partial charge in [0.25, 0.3) is 11.5 Å². The highest BCUT2D eigenvalue weighted by Gasteiger charge is 2.19. The molecule has 2 aromatic carbocycles. The van der Waals surface area contributed by atoms with Gasteiger partial charge in [-0.1, -0.05) is 29.8 Å². The van der Waals surface area contributed by atoms with Crippen LogP contribution < -0.4 is 20.1 Å². The van der Waals surface area contributed by atoms with E-state index >= 15 is 0 Å². The Morgan fingerprint density at radius 3 is 2.55 bits per heavy atom. The van der Waals surface area contributed by atoms with Crippen LogP contribution in [0, 0.1) is 6.92 Å². The summed E-state index contributed by atoms with van der Waals surface area (Å²) in [6.45, 7) is 5.44. The summed E-state index contributed by atoms with van der Waals surface area (Å²) in [6, 6.07) is 14.4. The van der Waals surface area contributed by atoms with Gasteiger partial charge in [0.05, 0.1) is 30.4 Å². The topological polar surface area (TPSA) is 107 Å². The number of thiazole rings is 1. The van der Waals surface area contributed by atoms with Gasteiger partial charge in [0.1, 0.15) is 11.2 Å². The number of carbonyl (C=O) groups is 3. The Kier molecular flexibility index (Phi) is 8.88. The number of aryl methyl sites for hydroxylation is 1. The molecule has 198 valence electrons. The maximum Gasteiger partial charge on any atom is 0.333 e. The molecule has 2 heterocycles. The van der Waals surface area contributed by atoms with E-state index in [4.69, 9.17) is 9.47 Å². The first kappa shape index (κ1) is 27.0. The van der Waals surface area contributed by atoms with Gasteiger partial charge in [0.15, 0.2) is 0 Å². The maximum absolute atomic E-state index is 13.3. The maximum atomic E-state index is 13.3. The van der Waals surface area contributed by atoms with Gasteiger partial charge in [-0.15, -0.1) is 11.3 Å². The third-order valence-corrected chi connectivity index (χ3v) is 6.94. The van der Waals surface area contributed by atoms with Crippen LogP contribution >= 0.6 is 11.3 Å². The minimum Gasteiger partial charge on any atom is -0.463 e. The zero-order valence-electron chi connectivity index (χ0n) is 21.3. The molecular weight excluding hydrogens is 506 g/mol. The number of esters is 1. The number of rotatable bonds is 7. The van der Waals surface area contributed by atoms with Crippen LogP contribution in [0.3, 0.4) is 0 Å². The molecule has 0 bridgehead atoms. The normalized spacial score (nSPS) is 14.4. The zero-order chi connectivity index (χ0) is 27.1. The smallest absolute Gasteiger partial charge is 0.333 e. The fourth-order valence-corrected chi connectivity index (χ4v) is 4.92. The molecule has 10 heteroatoms. The molecule has 1 fully saturated rings. The molecule has 1 saturated heterocycles. The number of ether oxygens (including phenoxy) is 2. The van der Waals surface area contributed by atoms with Crippen molar-refractivity contribution >= 4 is 47.0 Å². The Balaban J connectivity index is 1.65. The van der Waals surface area contributed by atoms with Crippen molar-refractivity contribution in [3.63, 3.8) is 0 Å². The average Bonchev–Trinajstić information content (AvgIpc) is 3.18. The van der Waals surface area contributed by atoms with Gasteiger partial charge < -0.3 is 19.7 Å². The number of aromatic nitrogens is 1. The van der Waals surface area contributed by atoms with Crippen LogP contribution in [0.15, 0.2) is 53.3 Å². The van der Waals surface area contributed by atoms with Crippen LogP contribution in [0.2, 0.25) is 0 Å². The lowest BCUT2D eigenvalue weighted by Crippen LogP contribution is -2.45. The van der Waals surface area contributed by atoms with Crippen molar-refractivity contribution in [2.45, 2.75) is 20.4 Å². The molecule has 1 N–H and O–H groups in total. The average molecular weight is 536 g/mol. The van der Waals surface area contributed by atoms with Crippen LogP contribution in [0.4, 0.5) is 5.69 Å². The number of hydrogen-bond acceptors (Lipinski definition) is 7. The molecule has 1 aliphatic rings. The summed E-state index contributed by atoms with van der Waals surface area (Å²) < 4.78 is 12.3. The number of hydrogen-bond donors (Lipinski definition) is 1. The second kappa shape index (κ2) is 12.5. The number of nitrogens with zero attached hydrogens (tertiary/aromatic N) is 2. The number of carbonyl (C=O) groups excluding carboxylic acids is 3. The Bertz CT molecular complexity index is 1500. The highest BCUT2D eigenvalue weighted by Crippen LogP contribution is 2.13. The Morgan fingerprint density at radius 2 is 1.84 bits per heavy atom. The summed E-state index contributed by atoms with van der Waals surface area (Å²) >= 11 is 1.10. The molecule has 0 unspecified atom stereocenters. The van der Waals surface area contributed by atoms with E-state index in [-0.39, 0.29) is 30.5 Å². The van der Waals surface area contributed by atoms with Crippen molar-refractivity contribution in [3.05, 3.63) is 84.8 Å². The summed E-state index contributed by atoms with van der Waals surface area (Å²) in [5.41, 5.74) is 2.46. The van der Waals surface area contributed by atoms with Crippen molar-refractivity contribution in [2.75, 3.05) is 38.2 Å². The summed E-state index contributed by atoms with van der Waals surface area (Å²) in [6.07, 6.45) is 2.91. The minimum absolute atomic E-state index is 0.192. The molecule has 3 aromatic rings. The molecule has 9 nitrogen and oxygen atoms in total. The zero-order valence-corrected chi connectivity index (χ0v) is 22.1. The molecule has 0 saturated carbocycles. The van der Waals surface area contributed by atoms with E-state index in [1.807, 2.05) is 19.1 Å². The number of nitrogens with one attached hydrogen (secondary N) is 1. The second-order valence-electron chi connectivity index (χ2n) is 8.68. The van der Waals surface area contributed by atoms with Crippen LogP contribution in [-0.4, -0.2) is 60.2 Å². The van der Waals surface area contributed by atoms with Gasteiger partial charge in [-0.3, -0.25) is 19.0 Å². The van der Waals surface area contributed by atoms with Crippen molar-refractivity contribution < 1.29 is 23.9 Å². The van der Waals surface area contributed by atoms with Gasteiger partial charge in [0, 0.05) is 24.3 Å². The van der Waals surface area contributed by atoms with E-state index in [0.717, 1.165) is 16.9 Å². The number of anilines is 1. The predicted molar refractivity (Wildman–Crippen MR) is 145 cm³/mol. The van der Waals surface area contributed by atoms with E-state index in [9.17, 15) is 19.2 Å². The number of amides is 2. The van der Waals surface area contributed by atoms with Crippen molar-refractivity contribution in [1.82, 2.24) is 9.47 Å². The van der Waals surface area contributed by atoms with Gasteiger partial charge in [0.2, 0.25) is 5.91 Å². The standard InChI is InChI=1S/C28H29N3O6S/c1-3-37-26(33)17-25-31(18-24(32)30-11-13-36-14-12-30)28(35)23(38-25)16-20-5-4-6-22(15-20)29-27(34)21-9-7-19(2)8-10-21/h4-10,15-17H,3,11-14,18H2,1-2H3,(H,29,34)/b23-16-,25-17-. The Morgan fingerprint density at radius 1 is 1.11 bits per heavy atom. The summed E-state index contributed by atoms with van der Waals surface area (Å²) in [4.78, 5) is 52.6. The first-order chi connectivity index (χ1) is 18.3. The third kappa shape index (κ3) is 6.84. The van der Waals surface area contributed by atoms with Crippen LogP contribution in [-0.2, 0) is 25.6 Å². The molecule has 2 amide bonds. The molecule has 38 heavy (non-hydrogen) atoms. The fourth-order valence-electron chi connectivity index (χ4n) is 3.89. The lowest BCUT2D eigenvalue weighted by atomic mass is 10.1. The van der Waals surface area contributed by atoms with Crippen molar-refractivity contribution in [3.8, 4) is 0 Å². The van der Waals surface area contributed by atoms with Crippen LogP contribution in [0.5, 0.6) is 0 Å². The largest absolute Gasteiger partial charge is 0.463 e. The minimum atomic E-state index is -0.589. The fraction of sp³-hybridized carbons (Fsp3) is 0.286. The van der Waals surface area contributed by atoms with Gasteiger partial charge in [-0.05, 0) is 49.8 Å². The Hall–Kier alpha value is -4.02. The number of benzene rings is 2. The second-order valence-corrected chi connectivity index (χ2v) is 9.74. The molecule has 0 spiro atoms. The van der Waals surface area contributed by atoms with Gasteiger partial charge in [-0.25, -0.2) is 4.79 Å². The Labute approximate surface area is 223 Å². The van der Waals surface area contributed by atoms with Crippen LogP contribution in [0.25, 0.3) is 12.2 Å². The number of morpholine rings is 1. The van der Waals surface area contributed by atoms with Gasteiger partial charge >= 0.3 is 5.97 Å². The monoisotopic (exact) mass is 535 g/mol. The highest BCUT2D eigenvalue weighted by molar-refractivity contribution is 7.07. The lowest BCUT2D eigenvalue weighted by Gasteiger charge is -2.26. The summed E-state index contributed by atoms with van der Waals surface area (Å²) in [5, 5.41) is 2.87.